The molecule has 4 heteroatoms. The lowest BCUT2D eigenvalue weighted by Gasteiger charge is -2.27. The zero-order valence-corrected chi connectivity index (χ0v) is 31.1. The minimum atomic E-state index is 0.948. The number of allylic oxidation sites excluding steroid dienone is 2. The molecule has 0 saturated heterocycles. The van der Waals surface area contributed by atoms with Crippen molar-refractivity contribution in [3.63, 3.8) is 0 Å². The number of fused-ring (bicyclic) bond motifs is 2. The molecule has 0 atom stereocenters. The van der Waals surface area contributed by atoms with E-state index in [0.29, 0.717) is 0 Å². The Morgan fingerprint density at radius 3 is 1.00 bits per heavy atom. The molecule has 2 heterocycles. The van der Waals surface area contributed by atoms with Crippen LogP contribution in [0.1, 0.15) is 33.4 Å². The molecule has 0 aliphatic heterocycles. The first-order chi connectivity index (χ1) is 26.4. The number of benzene rings is 6. The van der Waals surface area contributed by atoms with Gasteiger partial charge in [0, 0.05) is 45.9 Å². The van der Waals surface area contributed by atoms with Gasteiger partial charge in [0.25, 0.3) is 0 Å². The Labute approximate surface area is 318 Å². The molecule has 8 rings (SSSR count). The first-order valence-electron chi connectivity index (χ1n) is 18.4. The summed E-state index contributed by atoms with van der Waals surface area (Å²) >= 11 is 0. The molecule has 6 aromatic carbocycles. The van der Waals surface area contributed by atoms with Gasteiger partial charge in [-0.1, -0.05) is 119 Å². The number of anilines is 6. The number of aryl methyl sites for hydroxylation is 4. The normalized spacial score (nSPS) is 11.6. The van der Waals surface area contributed by atoms with E-state index in [4.69, 9.17) is 9.97 Å². The SMILES string of the molecule is Cc1ccc(N(c2ccc(C)cc2)c2ccc(C=CC=Cc3ccc(N(c4ccc(C)cc4)c4ccc(C)cc4)c4ncccc34)c3cccnc23)cc1. The maximum Gasteiger partial charge on any atom is 0.0948 e. The number of hydrogen-bond acceptors (Lipinski definition) is 4. The van der Waals surface area contributed by atoms with E-state index in [1.807, 2.05) is 24.5 Å². The minimum absolute atomic E-state index is 0.948. The van der Waals surface area contributed by atoms with E-state index in [1.54, 1.807) is 0 Å². The van der Waals surface area contributed by atoms with Crippen LogP contribution in [0.15, 0.2) is 170 Å². The van der Waals surface area contributed by atoms with E-state index in [1.165, 1.54) is 22.3 Å². The molecule has 0 saturated carbocycles. The summed E-state index contributed by atoms with van der Waals surface area (Å²) in [6, 6.07) is 51.8. The Bertz CT molecular complexity index is 2340. The first-order valence-corrected chi connectivity index (χ1v) is 18.4. The van der Waals surface area contributed by atoms with Crippen molar-refractivity contribution in [2.75, 3.05) is 9.80 Å². The fourth-order valence-electron chi connectivity index (χ4n) is 6.96. The lowest BCUT2D eigenvalue weighted by molar-refractivity contribution is 1.26. The third-order valence-electron chi connectivity index (χ3n) is 9.88. The zero-order valence-electron chi connectivity index (χ0n) is 31.1. The lowest BCUT2D eigenvalue weighted by atomic mass is 10.0. The smallest absolute Gasteiger partial charge is 0.0948 e. The van der Waals surface area contributed by atoms with Gasteiger partial charge in [-0.3, -0.25) is 9.97 Å². The van der Waals surface area contributed by atoms with Crippen LogP contribution < -0.4 is 9.80 Å². The second-order valence-corrected chi connectivity index (χ2v) is 13.9. The highest BCUT2D eigenvalue weighted by molar-refractivity contribution is 6.02. The van der Waals surface area contributed by atoms with Crippen LogP contribution >= 0.6 is 0 Å². The van der Waals surface area contributed by atoms with Crippen LogP contribution in [-0.4, -0.2) is 9.97 Å². The van der Waals surface area contributed by atoms with Crippen LogP contribution in [0, 0.1) is 27.7 Å². The van der Waals surface area contributed by atoms with Crippen molar-refractivity contribution in [2.24, 2.45) is 0 Å². The Balaban J connectivity index is 1.14. The number of aromatic nitrogens is 2. The summed E-state index contributed by atoms with van der Waals surface area (Å²) in [5.41, 5.74) is 15.5. The molecular weight excluding hydrogens is 657 g/mol. The maximum atomic E-state index is 4.93. The van der Waals surface area contributed by atoms with Gasteiger partial charge in [-0.25, -0.2) is 0 Å². The second-order valence-electron chi connectivity index (χ2n) is 13.9. The van der Waals surface area contributed by atoms with Crippen LogP contribution in [0.25, 0.3) is 34.0 Å². The van der Waals surface area contributed by atoms with Gasteiger partial charge in [0.15, 0.2) is 0 Å². The summed E-state index contributed by atoms with van der Waals surface area (Å²) in [5, 5.41) is 2.19. The van der Waals surface area contributed by atoms with E-state index in [2.05, 4.69) is 195 Å². The highest BCUT2D eigenvalue weighted by Gasteiger charge is 2.18. The van der Waals surface area contributed by atoms with Gasteiger partial charge < -0.3 is 9.80 Å². The molecule has 0 spiro atoms. The summed E-state index contributed by atoms with van der Waals surface area (Å²) in [4.78, 5) is 14.4. The molecule has 0 amide bonds. The molecule has 0 N–H and O–H groups in total. The van der Waals surface area contributed by atoms with Crippen molar-refractivity contribution < 1.29 is 0 Å². The predicted octanol–water partition coefficient (Wildman–Crippen LogP) is 13.7. The standard InChI is InChI=1S/C50H42N4/c1-35-13-23-41(24-14-35)53(42-25-15-36(2)16-26-42)47-31-21-39(45-11-7-33-51-49(45)47)9-5-6-10-40-22-32-48(50-46(40)12-8-34-52-50)54(43-27-17-37(3)18-28-43)44-29-19-38(4)20-30-44/h5-34H,1-4H3. The van der Waals surface area contributed by atoms with Crippen molar-refractivity contribution >= 4 is 68.1 Å². The molecule has 0 radical (unpaired) electrons. The molecule has 54 heavy (non-hydrogen) atoms. The topological polar surface area (TPSA) is 32.3 Å². The van der Waals surface area contributed by atoms with E-state index >= 15 is 0 Å². The van der Waals surface area contributed by atoms with Crippen LogP contribution in [-0.2, 0) is 0 Å². The molecule has 0 unspecified atom stereocenters. The van der Waals surface area contributed by atoms with E-state index < -0.39 is 0 Å². The molecule has 0 aliphatic carbocycles. The van der Waals surface area contributed by atoms with Crippen LogP contribution in [0.2, 0.25) is 0 Å². The maximum absolute atomic E-state index is 4.93. The Morgan fingerprint density at radius 1 is 0.370 bits per heavy atom. The Hall–Kier alpha value is -6.78. The minimum Gasteiger partial charge on any atom is -0.308 e. The number of pyridine rings is 2. The average molecular weight is 699 g/mol. The molecule has 0 fully saturated rings. The number of nitrogens with zero attached hydrogens (tertiary/aromatic N) is 4. The second kappa shape index (κ2) is 15.1. The molecule has 0 bridgehead atoms. The van der Waals surface area contributed by atoms with Gasteiger partial charge in [0.2, 0.25) is 0 Å². The van der Waals surface area contributed by atoms with Gasteiger partial charge in [-0.05, 0) is 112 Å². The fraction of sp³-hybridized carbons (Fsp3) is 0.0800. The van der Waals surface area contributed by atoms with Gasteiger partial charge in [0.05, 0.1) is 22.4 Å². The van der Waals surface area contributed by atoms with Crippen LogP contribution in [0.5, 0.6) is 0 Å². The van der Waals surface area contributed by atoms with Crippen molar-refractivity contribution in [2.45, 2.75) is 27.7 Å². The van der Waals surface area contributed by atoms with Crippen molar-refractivity contribution in [1.29, 1.82) is 0 Å². The van der Waals surface area contributed by atoms with Gasteiger partial charge >= 0.3 is 0 Å². The number of hydrogen-bond donors (Lipinski definition) is 0. The van der Waals surface area contributed by atoms with Crippen LogP contribution in [0.4, 0.5) is 34.1 Å². The van der Waals surface area contributed by atoms with E-state index in [9.17, 15) is 0 Å². The van der Waals surface area contributed by atoms with Gasteiger partial charge in [-0.15, -0.1) is 0 Å². The monoisotopic (exact) mass is 698 g/mol. The molecule has 262 valence electrons. The Kier molecular flexibility index (Phi) is 9.57. The van der Waals surface area contributed by atoms with Crippen molar-refractivity contribution in [3.8, 4) is 0 Å². The largest absolute Gasteiger partial charge is 0.308 e. The van der Waals surface area contributed by atoms with Gasteiger partial charge in [0.1, 0.15) is 0 Å². The molecule has 4 nitrogen and oxygen atoms in total. The Morgan fingerprint density at radius 2 is 0.685 bits per heavy atom. The molecule has 8 aromatic rings. The highest BCUT2D eigenvalue weighted by atomic mass is 15.2. The van der Waals surface area contributed by atoms with Crippen molar-refractivity contribution in [3.05, 3.63) is 204 Å². The highest BCUT2D eigenvalue weighted by Crippen LogP contribution is 2.41. The lowest BCUT2D eigenvalue weighted by Crippen LogP contribution is -2.11. The van der Waals surface area contributed by atoms with E-state index in [0.717, 1.165) is 67.1 Å². The number of rotatable bonds is 9. The summed E-state index contributed by atoms with van der Waals surface area (Å²) in [7, 11) is 0. The quantitative estimate of drug-likeness (QED) is 0.140. The van der Waals surface area contributed by atoms with Crippen LogP contribution in [0.3, 0.4) is 0 Å². The molecule has 0 aliphatic rings. The zero-order chi connectivity index (χ0) is 37.0. The fourth-order valence-corrected chi connectivity index (χ4v) is 6.96. The third-order valence-corrected chi connectivity index (χ3v) is 9.88. The van der Waals surface area contributed by atoms with E-state index in [-0.39, 0.29) is 0 Å². The summed E-state index contributed by atoms with van der Waals surface area (Å²) in [5.74, 6) is 0. The average Bonchev–Trinajstić information content (AvgIpc) is 3.20. The molecular formula is C50H42N4. The predicted molar refractivity (Wildman–Crippen MR) is 230 cm³/mol. The summed E-state index contributed by atoms with van der Waals surface area (Å²) < 4.78 is 0. The summed E-state index contributed by atoms with van der Waals surface area (Å²) in [6.45, 7) is 8.47. The van der Waals surface area contributed by atoms with Crippen molar-refractivity contribution in [1.82, 2.24) is 9.97 Å². The summed E-state index contributed by atoms with van der Waals surface area (Å²) in [6.07, 6.45) is 12.3. The first kappa shape index (κ1) is 34.3. The third kappa shape index (κ3) is 7.02. The molecule has 2 aromatic heterocycles. The van der Waals surface area contributed by atoms with Gasteiger partial charge in [-0.2, -0.15) is 0 Å².